The molecule has 0 spiro atoms. The first-order valence-corrected chi connectivity index (χ1v) is 6.97. The molecule has 0 aliphatic carbocycles. The van der Waals surface area contributed by atoms with E-state index in [-0.39, 0.29) is 23.3 Å². The highest BCUT2D eigenvalue weighted by molar-refractivity contribution is 7.92. The summed E-state index contributed by atoms with van der Waals surface area (Å²) in [5.41, 5.74) is 5.22. The van der Waals surface area contributed by atoms with E-state index in [4.69, 9.17) is 5.73 Å². The van der Waals surface area contributed by atoms with Gasteiger partial charge in [-0.25, -0.2) is 13.2 Å². The fourth-order valence-electron chi connectivity index (χ4n) is 1.60. The summed E-state index contributed by atoms with van der Waals surface area (Å²) in [6.07, 6.45) is -0.0188. The maximum atomic E-state index is 11.8. The van der Waals surface area contributed by atoms with E-state index in [1.165, 1.54) is 11.4 Å². The summed E-state index contributed by atoms with van der Waals surface area (Å²) in [4.78, 5) is 10.9. The lowest BCUT2D eigenvalue weighted by Crippen LogP contribution is -2.40. The first-order chi connectivity index (χ1) is 7.85. The molecule has 1 heterocycles. The molecule has 3 N–H and O–H groups in total. The largest absolute Gasteiger partial charge is 0.453 e. The van der Waals surface area contributed by atoms with Gasteiger partial charge in [0.2, 0.25) is 10.0 Å². The molecule has 1 saturated heterocycles. The molecule has 0 aromatic carbocycles. The second kappa shape index (κ2) is 5.61. The van der Waals surface area contributed by atoms with E-state index in [1.807, 2.05) is 0 Å². The molecule has 17 heavy (non-hydrogen) atoms. The van der Waals surface area contributed by atoms with Crippen LogP contribution in [0.3, 0.4) is 0 Å². The van der Waals surface area contributed by atoms with Gasteiger partial charge < -0.3 is 15.8 Å². The van der Waals surface area contributed by atoms with Crippen LogP contribution in [0.2, 0.25) is 0 Å². The van der Waals surface area contributed by atoms with Gasteiger partial charge in [-0.05, 0) is 6.42 Å². The summed E-state index contributed by atoms with van der Waals surface area (Å²) in [6.45, 7) is 0.569. The van der Waals surface area contributed by atoms with Crippen LogP contribution in [-0.4, -0.2) is 55.8 Å². The Morgan fingerprint density at radius 1 is 1.65 bits per heavy atom. The number of hydrogen-bond donors (Lipinski definition) is 2. The minimum Gasteiger partial charge on any atom is -0.453 e. The van der Waals surface area contributed by atoms with Crippen molar-refractivity contribution < 1.29 is 17.9 Å². The molecule has 1 aliphatic heterocycles. The highest BCUT2D eigenvalue weighted by atomic mass is 32.2. The summed E-state index contributed by atoms with van der Waals surface area (Å²) in [7, 11) is -2.20. The molecular formula is C8H15N3O4S2. The Kier molecular flexibility index (Phi) is 4.66. The highest BCUT2D eigenvalue weighted by Crippen LogP contribution is 2.14. The second-order valence-corrected chi connectivity index (χ2v) is 6.20. The third-order valence-electron chi connectivity index (χ3n) is 2.38. The summed E-state index contributed by atoms with van der Waals surface area (Å²) in [5, 5.41) is 2.55. The Morgan fingerprint density at radius 3 is 2.82 bits per heavy atom. The van der Waals surface area contributed by atoms with Crippen molar-refractivity contribution in [2.45, 2.75) is 12.5 Å². The molecule has 0 aromatic rings. The van der Waals surface area contributed by atoms with Crippen molar-refractivity contribution in [3.8, 4) is 0 Å². The van der Waals surface area contributed by atoms with Crippen molar-refractivity contribution >= 4 is 33.3 Å². The SMILES string of the molecule is COC(=O)NC1CCN(S(=O)(=O)CC(N)=S)C1. The highest BCUT2D eigenvalue weighted by Gasteiger charge is 2.32. The standard InChI is InChI=1S/C8H15N3O4S2/c1-15-8(12)10-6-2-3-11(4-6)17(13,14)5-7(9)16/h6H,2-5H2,1H3,(H2,9,16)(H,10,12). The number of carbonyl (C=O) groups is 1. The number of hydrogen-bond acceptors (Lipinski definition) is 5. The summed E-state index contributed by atoms with van der Waals surface area (Å²) in [6, 6.07) is -0.233. The van der Waals surface area contributed by atoms with Crippen LogP contribution in [-0.2, 0) is 14.8 Å². The number of carbonyl (C=O) groups excluding carboxylic acids is 1. The maximum Gasteiger partial charge on any atom is 0.407 e. The van der Waals surface area contributed by atoms with E-state index in [1.54, 1.807) is 0 Å². The van der Waals surface area contributed by atoms with Gasteiger partial charge in [0.15, 0.2) is 0 Å². The van der Waals surface area contributed by atoms with Crippen LogP contribution >= 0.6 is 12.2 Å². The van der Waals surface area contributed by atoms with Crippen LogP contribution in [0, 0.1) is 0 Å². The Morgan fingerprint density at radius 2 is 2.29 bits per heavy atom. The van der Waals surface area contributed by atoms with Gasteiger partial charge in [-0.1, -0.05) is 12.2 Å². The van der Waals surface area contributed by atoms with E-state index in [2.05, 4.69) is 22.3 Å². The number of amides is 1. The molecule has 98 valence electrons. The Hall–Kier alpha value is -0.930. The van der Waals surface area contributed by atoms with Crippen LogP contribution in [0.25, 0.3) is 0 Å². The van der Waals surface area contributed by atoms with Crippen molar-refractivity contribution in [2.24, 2.45) is 5.73 Å². The number of nitrogens with zero attached hydrogens (tertiary/aromatic N) is 1. The maximum absolute atomic E-state index is 11.8. The number of sulfonamides is 1. The van der Waals surface area contributed by atoms with Gasteiger partial charge in [0.05, 0.1) is 12.1 Å². The van der Waals surface area contributed by atoms with Crippen molar-refractivity contribution in [1.82, 2.24) is 9.62 Å². The zero-order valence-electron chi connectivity index (χ0n) is 9.38. The van der Waals surface area contributed by atoms with Crippen LogP contribution in [0.5, 0.6) is 0 Å². The lowest BCUT2D eigenvalue weighted by molar-refractivity contribution is 0.167. The summed E-state index contributed by atoms with van der Waals surface area (Å²) >= 11 is 4.58. The zero-order chi connectivity index (χ0) is 13.1. The number of nitrogens with one attached hydrogen (secondary N) is 1. The summed E-state index contributed by atoms with van der Waals surface area (Å²) < 4.78 is 29.2. The van der Waals surface area contributed by atoms with Gasteiger partial charge in [-0.15, -0.1) is 0 Å². The normalized spacial score (nSPS) is 21.1. The topological polar surface area (TPSA) is 102 Å². The molecular weight excluding hydrogens is 266 g/mol. The molecule has 1 atom stereocenters. The minimum absolute atomic E-state index is 0.0608. The Balaban J connectivity index is 2.55. The van der Waals surface area contributed by atoms with E-state index in [0.29, 0.717) is 13.0 Å². The number of thiocarbonyl (C=S) groups is 1. The van der Waals surface area contributed by atoms with E-state index < -0.39 is 16.1 Å². The van der Waals surface area contributed by atoms with Crippen molar-refractivity contribution in [2.75, 3.05) is 26.0 Å². The van der Waals surface area contributed by atoms with Crippen LogP contribution in [0.1, 0.15) is 6.42 Å². The Labute approximate surface area is 105 Å². The number of methoxy groups -OCH3 is 1. The van der Waals surface area contributed by atoms with E-state index in [0.717, 1.165) is 0 Å². The van der Waals surface area contributed by atoms with Crippen LogP contribution < -0.4 is 11.1 Å². The predicted octanol–water partition coefficient (Wildman–Crippen LogP) is -0.967. The third kappa shape index (κ3) is 4.10. The predicted molar refractivity (Wildman–Crippen MR) is 66.1 cm³/mol. The molecule has 7 nitrogen and oxygen atoms in total. The van der Waals surface area contributed by atoms with Gasteiger partial charge in [0, 0.05) is 19.1 Å². The quantitative estimate of drug-likeness (QED) is 0.643. The molecule has 0 saturated carbocycles. The van der Waals surface area contributed by atoms with Gasteiger partial charge in [-0.3, -0.25) is 0 Å². The number of rotatable bonds is 4. The monoisotopic (exact) mass is 281 g/mol. The van der Waals surface area contributed by atoms with Gasteiger partial charge in [0.25, 0.3) is 0 Å². The molecule has 0 radical (unpaired) electrons. The number of alkyl carbamates (subject to hydrolysis) is 1. The first kappa shape index (κ1) is 14.1. The van der Waals surface area contributed by atoms with Crippen LogP contribution in [0.15, 0.2) is 0 Å². The fourth-order valence-corrected chi connectivity index (χ4v) is 3.37. The van der Waals surface area contributed by atoms with Gasteiger partial charge in [-0.2, -0.15) is 4.31 Å². The second-order valence-electron chi connectivity index (χ2n) is 3.70. The smallest absolute Gasteiger partial charge is 0.407 e. The minimum atomic E-state index is -3.46. The van der Waals surface area contributed by atoms with E-state index in [9.17, 15) is 13.2 Å². The molecule has 0 aromatic heterocycles. The number of ether oxygens (including phenoxy) is 1. The molecule has 1 aliphatic rings. The van der Waals surface area contributed by atoms with Crippen molar-refractivity contribution in [3.05, 3.63) is 0 Å². The molecule has 9 heteroatoms. The average Bonchev–Trinajstić information content (AvgIpc) is 2.64. The zero-order valence-corrected chi connectivity index (χ0v) is 11.0. The Bertz CT molecular complexity index is 409. The fraction of sp³-hybridized carbons (Fsp3) is 0.750. The van der Waals surface area contributed by atoms with Crippen molar-refractivity contribution in [1.29, 1.82) is 0 Å². The van der Waals surface area contributed by atoms with Gasteiger partial charge >= 0.3 is 6.09 Å². The summed E-state index contributed by atoms with van der Waals surface area (Å²) in [5.74, 6) is -0.340. The average molecular weight is 281 g/mol. The lowest BCUT2D eigenvalue weighted by Gasteiger charge is -2.16. The third-order valence-corrected chi connectivity index (χ3v) is 4.50. The lowest BCUT2D eigenvalue weighted by atomic mass is 10.3. The molecule has 1 unspecified atom stereocenters. The van der Waals surface area contributed by atoms with Gasteiger partial charge in [0.1, 0.15) is 5.75 Å². The van der Waals surface area contributed by atoms with Crippen LogP contribution in [0.4, 0.5) is 4.79 Å². The molecule has 1 fully saturated rings. The molecule has 1 amide bonds. The first-order valence-electron chi connectivity index (χ1n) is 4.96. The number of nitrogens with two attached hydrogens (primary N) is 1. The molecule has 1 rings (SSSR count). The van der Waals surface area contributed by atoms with E-state index >= 15 is 0 Å². The molecule has 0 bridgehead atoms. The van der Waals surface area contributed by atoms with Crippen molar-refractivity contribution in [3.63, 3.8) is 0 Å².